The van der Waals surface area contributed by atoms with Crippen LogP contribution in [0.1, 0.15) is 38.7 Å². The molecule has 0 aliphatic heterocycles. The summed E-state index contributed by atoms with van der Waals surface area (Å²) in [6.07, 6.45) is 0. The maximum absolute atomic E-state index is 5.60. The van der Waals surface area contributed by atoms with Gasteiger partial charge < -0.3 is 8.98 Å². The molecule has 2 aromatic carbocycles. The third-order valence-electron chi connectivity index (χ3n) is 6.48. The van der Waals surface area contributed by atoms with E-state index < -0.39 is 0 Å². The molecule has 0 aliphatic rings. The quantitative estimate of drug-likeness (QED) is 0.244. The minimum atomic E-state index is 0.954. The molecule has 182 valence electrons. The van der Waals surface area contributed by atoms with Gasteiger partial charge in [0.25, 0.3) is 0 Å². The number of aryl methyl sites for hydroxylation is 6. The Hall–Kier alpha value is -3.30. The van der Waals surface area contributed by atoms with Crippen LogP contribution >= 0.6 is 11.3 Å². The molecule has 0 unspecified atom stereocenters. The smallest absolute Gasteiger partial charge is 0.134 e. The second-order valence-corrected chi connectivity index (χ2v) is 10.3. The Morgan fingerprint density at radius 3 is 1.57 bits per heavy atom. The summed E-state index contributed by atoms with van der Waals surface area (Å²) in [7, 11) is 2.09. The number of aromatic nitrogens is 1. The average Bonchev–Trinajstić information content (AvgIpc) is 3.46. The zero-order valence-electron chi connectivity index (χ0n) is 22.3. The molecule has 5 aromatic rings. The molecule has 0 amide bonds. The van der Waals surface area contributed by atoms with Gasteiger partial charge in [-0.3, -0.25) is 0 Å². The van der Waals surface area contributed by atoms with Crippen LogP contribution < -0.4 is 0 Å². The summed E-state index contributed by atoms with van der Waals surface area (Å²) in [6.45, 7) is 14.8. The number of rotatable bonds is 2. The number of furan rings is 1. The van der Waals surface area contributed by atoms with Crippen molar-refractivity contribution in [2.24, 2.45) is 7.05 Å². The van der Waals surface area contributed by atoms with Gasteiger partial charge in [0.15, 0.2) is 0 Å². The lowest BCUT2D eigenvalue weighted by molar-refractivity contribution is 0.545. The van der Waals surface area contributed by atoms with Gasteiger partial charge >= 0.3 is 0 Å². The Bertz CT molecular complexity index is 1210. The maximum atomic E-state index is 5.60. The van der Waals surface area contributed by atoms with E-state index in [4.69, 9.17) is 4.42 Å². The number of hydrogen-bond acceptors (Lipinski definition) is 2. The second kappa shape index (κ2) is 11.9. The molecule has 0 atom stereocenters. The van der Waals surface area contributed by atoms with Crippen molar-refractivity contribution in [1.29, 1.82) is 0 Å². The normalized spacial score (nSPS) is 10.3. The van der Waals surface area contributed by atoms with Crippen molar-refractivity contribution >= 4 is 11.3 Å². The van der Waals surface area contributed by atoms with Crippen LogP contribution in [0.5, 0.6) is 0 Å². The van der Waals surface area contributed by atoms with E-state index in [9.17, 15) is 0 Å². The summed E-state index contributed by atoms with van der Waals surface area (Å²) in [5.41, 5.74) is 9.15. The van der Waals surface area contributed by atoms with Crippen molar-refractivity contribution in [3.63, 3.8) is 0 Å². The molecule has 0 saturated heterocycles. The lowest BCUT2D eigenvalue weighted by Gasteiger charge is -1.97. The van der Waals surface area contributed by atoms with Gasteiger partial charge in [-0.1, -0.05) is 60.7 Å². The predicted octanol–water partition coefficient (Wildman–Crippen LogP) is 9.55. The van der Waals surface area contributed by atoms with Crippen LogP contribution in [-0.2, 0) is 7.05 Å². The van der Waals surface area contributed by atoms with E-state index in [-0.39, 0.29) is 0 Å². The number of hydrogen-bond donors (Lipinski definition) is 0. The van der Waals surface area contributed by atoms with Crippen molar-refractivity contribution in [3.8, 4) is 21.8 Å². The molecule has 2 nitrogen and oxygen atoms in total. The first kappa shape index (κ1) is 26.3. The van der Waals surface area contributed by atoms with Crippen LogP contribution in [0.25, 0.3) is 21.8 Å². The standard InChI is InChI=1S/C12H12O.C12H12S.C8H13N/c2*1-9-8-12(13-10(9)2)11-6-4-3-5-7-11;1-6-5-7(2)9(4)8(6)3/h2*3-8H,1-2H3;5H,1-4H3. The zero-order chi connectivity index (χ0) is 25.5. The third-order valence-corrected chi connectivity index (χ3v) is 7.68. The third kappa shape index (κ3) is 6.86. The maximum Gasteiger partial charge on any atom is 0.134 e. The lowest BCUT2D eigenvalue weighted by atomic mass is 10.1. The summed E-state index contributed by atoms with van der Waals surface area (Å²) in [6, 6.07) is 27.2. The van der Waals surface area contributed by atoms with Gasteiger partial charge in [0.05, 0.1) is 0 Å². The minimum Gasteiger partial charge on any atom is -0.461 e. The van der Waals surface area contributed by atoms with Crippen molar-refractivity contribution in [2.45, 2.75) is 48.5 Å². The Morgan fingerprint density at radius 1 is 0.629 bits per heavy atom. The minimum absolute atomic E-state index is 0.954. The first-order valence-corrected chi connectivity index (χ1v) is 12.8. The Kier molecular flexibility index (Phi) is 8.95. The van der Waals surface area contributed by atoms with Gasteiger partial charge in [-0.05, 0) is 88.9 Å². The van der Waals surface area contributed by atoms with Crippen LogP contribution in [0, 0.1) is 48.5 Å². The molecule has 0 radical (unpaired) electrons. The zero-order valence-corrected chi connectivity index (χ0v) is 23.1. The highest BCUT2D eigenvalue weighted by Gasteiger charge is 2.04. The first-order chi connectivity index (χ1) is 16.7. The molecular formula is C32H37NOS. The van der Waals surface area contributed by atoms with Crippen LogP contribution in [0.4, 0.5) is 0 Å². The van der Waals surface area contributed by atoms with Crippen molar-refractivity contribution < 1.29 is 4.42 Å². The van der Waals surface area contributed by atoms with E-state index in [1.807, 2.05) is 36.5 Å². The lowest BCUT2D eigenvalue weighted by Crippen LogP contribution is -1.92. The van der Waals surface area contributed by atoms with Crippen LogP contribution in [-0.4, -0.2) is 4.57 Å². The molecule has 35 heavy (non-hydrogen) atoms. The van der Waals surface area contributed by atoms with Gasteiger partial charge in [-0.2, -0.15) is 0 Å². The Balaban J connectivity index is 0.000000150. The summed E-state index contributed by atoms with van der Waals surface area (Å²) in [5, 5.41) is 0. The fourth-order valence-electron chi connectivity index (χ4n) is 3.68. The predicted molar refractivity (Wildman–Crippen MR) is 152 cm³/mol. The Labute approximate surface area is 214 Å². The SMILES string of the molecule is Cc1cc(-c2ccccc2)oc1C.Cc1cc(-c2ccccc2)sc1C.Cc1cc(C)n(C)c1C. The topological polar surface area (TPSA) is 18.1 Å². The highest BCUT2D eigenvalue weighted by Crippen LogP contribution is 2.30. The van der Waals surface area contributed by atoms with Gasteiger partial charge in [-0.25, -0.2) is 0 Å². The molecule has 0 N–H and O–H groups in total. The van der Waals surface area contributed by atoms with Crippen LogP contribution in [0.2, 0.25) is 0 Å². The van der Waals surface area contributed by atoms with E-state index in [0.717, 1.165) is 17.1 Å². The highest BCUT2D eigenvalue weighted by molar-refractivity contribution is 7.15. The molecule has 3 heteroatoms. The monoisotopic (exact) mass is 483 g/mol. The molecule has 5 rings (SSSR count). The molecule has 0 aliphatic carbocycles. The van der Waals surface area contributed by atoms with Gasteiger partial charge in [-0.15, -0.1) is 11.3 Å². The van der Waals surface area contributed by atoms with Crippen LogP contribution in [0.3, 0.4) is 0 Å². The summed E-state index contributed by atoms with van der Waals surface area (Å²) in [4.78, 5) is 2.79. The van der Waals surface area contributed by atoms with Crippen molar-refractivity contribution in [3.05, 3.63) is 118 Å². The second-order valence-electron chi connectivity index (χ2n) is 9.04. The van der Waals surface area contributed by atoms with Crippen molar-refractivity contribution in [1.82, 2.24) is 4.57 Å². The fraction of sp³-hybridized carbons (Fsp3) is 0.250. The van der Waals surface area contributed by atoms with Gasteiger partial charge in [0, 0.05) is 33.8 Å². The van der Waals surface area contributed by atoms with Crippen LogP contribution in [0.15, 0.2) is 83.3 Å². The number of thiophene rings is 1. The molecule has 3 aromatic heterocycles. The Morgan fingerprint density at radius 2 is 1.20 bits per heavy atom. The van der Waals surface area contributed by atoms with E-state index in [0.29, 0.717) is 0 Å². The molecule has 0 saturated carbocycles. The summed E-state index contributed by atoms with van der Waals surface area (Å²) in [5.74, 6) is 1.95. The number of benzene rings is 2. The molecule has 0 fully saturated rings. The molecule has 0 spiro atoms. The molecule has 3 heterocycles. The van der Waals surface area contributed by atoms with E-state index in [2.05, 4.69) is 114 Å². The first-order valence-electron chi connectivity index (χ1n) is 12.0. The average molecular weight is 484 g/mol. The fourth-order valence-corrected chi connectivity index (χ4v) is 4.72. The summed E-state index contributed by atoms with van der Waals surface area (Å²) < 4.78 is 7.80. The number of nitrogens with zero attached hydrogens (tertiary/aromatic N) is 1. The molecule has 0 bridgehead atoms. The van der Waals surface area contributed by atoms with E-state index in [1.165, 1.54) is 43.4 Å². The molecular weight excluding hydrogens is 446 g/mol. The van der Waals surface area contributed by atoms with Gasteiger partial charge in [0.1, 0.15) is 11.5 Å². The highest BCUT2D eigenvalue weighted by atomic mass is 32.1. The van der Waals surface area contributed by atoms with Crippen molar-refractivity contribution in [2.75, 3.05) is 0 Å². The summed E-state index contributed by atoms with van der Waals surface area (Å²) >= 11 is 1.87. The van der Waals surface area contributed by atoms with E-state index in [1.54, 1.807) is 0 Å². The largest absolute Gasteiger partial charge is 0.461 e. The van der Waals surface area contributed by atoms with E-state index >= 15 is 0 Å². The van der Waals surface area contributed by atoms with Gasteiger partial charge in [0.2, 0.25) is 0 Å².